The van der Waals surface area contributed by atoms with Crippen LogP contribution in [0.3, 0.4) is 0 Å². The number of hydrogen-bond acceptors (Lipinski definition) is 3. The summed E-state index contributed by atoms with van der Waals surface area (Å²) >= 11 is -2.45. The van der Waals surface area contributed by atoms with Crippen molar-refractivity contribution >= 4 is 24.7 Å². The molecule has 0 bridgehead atoms. The van der Waals surface area contributed by atoms with Crippen LogP contribution in [0.4, 0.5) is 0 Å². The van der Waals surface area contributed by atoms with Gasteiger partial charge in [-0.3, -0.25) is 0 Å². The summed E-state index contributed by atoms with van der Waals surface area (Å²) in [6, 6.07) is 0. The minimum absolute atomic E-state index is 0.0670. The summed E-state index contributed by atoms with van der Waals surface area (Å²) in [5.41, 5.74) is 3.78. The molecule has 0 spiro atoms. The maximum atomic E-state index is 10.5. The van der Waals surface area contributed by atoms with Crippen molar-refractivity contribution in [3.8, 4) is 0 Å². The van der Waals surface area contributed by atoms with Crippen molar-refractivity contribution in [3.63, 3.8) is 0 Å². The van der Waals surface area contributed by atoms with Crippen molar-refractivity contribution in [1.29, 1.82) is 0 Å². The quantitative estimate of drug-likeness (QED) is 0.0367. The van der Waals surface area contributed by atoms with E-state index in [1.54, 1.807) is 10.7 Å². The Morgan fingerprint density at radius 1 is 0.968 bits per heavy atom. The molecule has 1 atom stereocenters. The van der Waals surface area contributed by atoms with E-state index in [0.29, 0.717) is 13.2 Å². The van der Waals surface area contributed by atoms with Gasteiger partial charge < -0.3 is 0 Å². The normalized spacial score (nSPS) is 12.7. The van der Waals surface area contributed by atoms with Crippen molar-refractivity contribution in [3.05, 3.63) is 27.5 Å². The predicted octanol–water partition coefficient (Wildman–Crippen LogP) is 8.17. The fraction of sp³-hybridized carbons (Fsp3) is 0.778. The number of aldehydes is 1. The molecule has 180 valence electrons. The molecule has 0 amide bonds. The summed E-state index contributed by atoms with van der Waals surface area (Å²) in [7, 11) is 1.68. The molecule has 0 aromatic heterocycles. The van der Waals surface area contributed by atoms with Gasteiger partial charge in [0.1, 0.15) is 0 Å². The molecule has 0 saturated heterocycles. The van der Waals surface area contributed by atoms with E-state index in [4.69, 9.17) is 9.47 Å². The molecule has 0 aliphatic rings. The molecule has 0 heterocycles. The Morgan fingerprint density at radius 3 is 2.06 bits per heavy atom. The van der Waals surface area contributed by atoms with E-state index < -0.39 is 18.4 Å². The second kappa shape index (κ2) is 21.5. The van der Waals surface area contributed by atoms with Gasteiger partial charge in [-0.1, -0.05) is 0 Å². The summed E-state index contributed by atoms with van der Waals surface area (Å²) < 4.78 is 17.3. The van der Waals surface area contributed by atoms with Gasteiger partial charge in [0.25, 0.3) is 0 Å². The summed E-state index contributed by atoms with van der Waals surface area (Å²) in [6.45, 7) is 9.45. The van der Waals surface area contributed by atoms with E-state index in [1.807, 2.05) is 0 Å². The summed E-state index contributed by atoms with van der Waals surface area (Å²) in [5.74, 6) is 0. The van der Waals surface area contributed by atoms with Crippen molar-refractivity contribution < 1.29 is 14.3 Å². The van der Waals surface area contributed by atoms with Gasteiger partial charge in [-0.15, -0.1) is 0 Å². The van der Waals surface area contributed by atoms with E-state index >= 15 is 0 Å². The summed E-state index contributed by atoms with van der Waals surface area (Å²) in [4.78, 5) is 10.5. The topological polar surface area (TPSA) is 35.5 Å². The Labute approximate surface area is 197 Å². The third-order valence-electron chi connectivity index (χ3n) is 6.11. The van der Waals surface area contributed by atoms with Crippen LogP contribution >= 0.6 is 0 Å². The molecule has 3 nitrogen and oxygen atoms in total. The van der Waals surface area contributed by atoms with Gasteiger partial charge in [0.15, 0.2) is 0 Å². The molecule has 0 N–H and O–H groups in total. The molecule has 0 rings (SSSR count). The van der Waals surface area contributed by atoms with E-state index in [2.05, 4.69) is 51.7 Å². The van der Waals surface area contributed by atoms with Crippen LogP contribution in [0, 0.1) is 0 Å². The van der Waals surface area contributed by atoms with Crippen LogP contribution in [0.2, 0.25) is 13.3 Å². The first-order chi connectivity index (χ1) is 15.1. The molecule has 4 heteroatoms. The summed E-state index contributed by atoms with van der Waals surface area (Å²) in [5, 5.41) is 0. The Morgan fingerprint density at radius 2 is 1.58 bits per heavy atom. The average Bonchev–Trinajstić information content (AvgIpc) is 2.79. The third kappa shape index (κ3) is 14.4. The Kier molecular flexibility index (Phi) is 21.2. The molecular weight excluding hydrogens is 491 g/mol. The third-order valence-corrected chi connectivity index (χ3v) is 22.1. The number of ether oxygens (including phenoxy) is 2. The zero-order chi connectivity index (χ0) is 23.2. The molecule has 1 unspecified atom stereocenters. The molecule has 0 aromatic carbocycles. The average molecular weight is 541 g/mol. The molecule has 0 saturated carbocycles. The molecule has 0 aliphatic heterocycles. The van der Waals surface area contributed by atoms with Gasteiger partial charge in [0, 0.05) is 0 Å². The van der Waals surface area contributed by atoms with Crippen molar-refractivity contribution in [2.24, 2.45) is 0 Å². The molecule has 0 radical (unpaired) electrons. The molecular formula is C27H50O3Sn. The second-order valence-corrected chi connectivity index (χ2v) is 22.0. The van der Waals surface area contributed by atoms with E-state index in [9.17, 15) is 4.79 Å². The number of unbranched alkanes of at least 4 members (excludes halogenated alkanes) is 5. The van der Waals surface area contributed by atoms with Gasteiger partial charge in [0.2, 0.25) is 0 Å². The summed E-state index contributed by atoms with van der Waals surface area (Å²) in [6.07, 6.45) is 20.1. The standard InChI is InChI=1S/C15H23O3.3C4H9.Sn/c1-3-4-5-8-11-15(18-14-17-2)12-9-6-7-10-13-16;3*1-3-4-2;/h3,9,12-13,15H,6-8,10-11,14H2,1-2H3;3*1,3-4H2,2H3;/b12-9-;;;;. The number of carbonyl (C=O) groups is 1. The van der Waals surface area contributed by atoms with Crippen molar-refractivity contribution in [2.45, 2.75) is 118 Å². The van der Waals surface area contributed by atoms with Crippen LogP contribution in [-0.4, -0.2) is 44.7 Å². The molecule has 0 aliphatic carbocycles. The Bertz CT molecular complexity index is 499. The number of allylic oxidation sites excluding steroid dienone is 2. The van der Waals surface area contributed by atoms with E-state index in [0.717, 1.165) is 32.0 Å². The van der Waals surface area contributed by atoms with Gasteiger partial charge in [-0.2, -0.15) is 0 Å². The number of rotatable bonds is 21. The van der Waals surface area contributed by atoms with Crippen LogP contribution in [0.25, 0.3) is 0 Å². The Hall–Kier alpha value is -0.351. The van der Waals surface area contributed by atoms with Crippen LogP contribution < -0.4 is 0 Å². The first-order valence-electron chi connectivity index (χ1n) is 12.7. The minimum atomic E-state index is -2.45. The van der Waals surface area contributed by atoms with Gasteiger partial charge in [-0.05, 0) is 0 Å². The van der Waals surface area contributed by atoms with E-state index in [-0.39, 0.29) is 6.10 Å². The molecule has 0 fully saturated rings. The SMILES string of the molecule is CC=C=[C](CCC(/C=C\CCCC=O)OCOC)[Sn]([CH2]CCC)([CH2]CCC)[CH2]CCC. The van der Waals surface area contributed by atoms with Crippen LogP contribution in [0.5, 0.6) is 0 Å². The first-order valence-corrected chi connectivity index (χ1v) is 20.2. The maximum absolute atomic E-state index is 10.5. The monoisotopic (exact) mass is 542 g/mol. The van der Waals surface area contributed by atoms with Crippen LogP contribution in [-0.2, 0) is 14.3 Å². The number of carbonyl (C=O) groups excluding carboxylic acids is 1. The predicted molar refractivity (Wildman–Crippen MR) is 137 cm³/mol. The van der Waals surface area contributed by atoms with Gasteiger partial charge >= 0.3 is 198 Å². The first kappa shape index (κ1) is 30.6. The van der Waals surface area contributed by atoms with Gasteiger partial charge in [0.05, 0.1) is 0 Å². The van der Waals surface area contributed by atoms with Crippen molar-refractivity contribution in [1.82, 2.24) is 0 Å². The number of hydrogen-bond donors (Lipinski definition) is 0. The zero-order valence-electron chi connectivity index (χ0n) is 21.2. The van der Waals surface area contributed by atoms with Crippen molar-refractivity contribution in [2.75, 3.05) is 13.9 Å². The fourth-order valence-corrected chi connectivity index (χ4v) is 21.0. The second-order valence-electron chi connectivity index (χ2n) is 8.68. The number of methoxy groups -OCH3 is 1. The van der Waals surface area contributed by atoms with Crippen LogP contribution in [0.1, 0.15) is 98.3 Å². The van der Waals surface area contributed by atoms with Crippen LogP contribution in [0.15, 0.2) is 27.5 Å². The zero-order valence-corrected chi connectivity index (χ0v) is 24.1. The Balaban J connectivity index is 5.50. The molecule has 0 aromatic rings. The molecule has 31 heavy (non-hydrogen) atoms. The van der Waals surface area contributed by atoms with Gasteiger partial charge in [-0.25, -0.2) is 0 Å². The van der Waals surface area contributed by atoms with E-state index in [1.165, 1.54) is 51.8 Å². The fourth-order valence-electron chi connectivity index (χ4n) is 4.28.